The summed E-state index contributed by atoms with van der Waals surface area (Å²) in [6.07, 6.45) is 1.53. The predicted octanol–water partition coefficient (Wildman–Crippen LogP) is 2.72. The number of nitrogens with zero attached hydrogens (tertiary/aromatic N) is 2. The molecule has 3 rings (SSSR count). The highest BCUT2D eigenvalue weighted by Gasteiger charge is 2.24. The molecule has 1 aliphatic rings. The summed E-state index contributed by atoms with van der Waals surface area (Å²) in [5, 5.41) is 0. The van der Waals surface area contributed by atoms with Crippen molar-refractivity contribution < 1.29 is 14.2 Å². The Morgan fingerprint density at radius 3 is 2.80 bits per heavy atom. The lowest BCUT2D eigenvalue weighted by Gasteiger charge is -2.25. The SMILES string of the molecule is COc1ncc(C2CSc3ccccc3O2)nc1OC. The average molecular weight is 290 g/mol. The summed E-state index contributed by atoms with van der Waals surface area (Å²) >= 11 is 1.75. The molecule has 0 spiro atoms. The lowest BCUT2D eigenvalue weighted by molar-refractivity contribution is 0.212. The van der Waals surface area contributed by atoms with Crippen molar-refractivity contribution in [2.45, 2.75) is 11.0 Å². The molecule has 0 amide bonds. The Morgan fingerprint density at radius 2 is 2.00 bits per heavy atom. The largest absolute Gasteiger partial charge is 0.482 e. The minimum Gasteiger partial charge on any atom is -0.482 e. The minimum absolute atomic E-state index is 0.137. The second kappa shape index (κ2) is 5.58. The van der Waals surface area contributed by atoms with E-state index in [-0.39, 0.29) is 6.10 Å². The van der Waals surface area contributed by atoms with Gasteiger partial charge in [0.25, 0.3) is 11.8 Å². The number of benzene rings is 1. The van der Waals surface area contributed by atoms with E-state index in [4.69, 9.17) is 14.2 Å². The molecule has 2 heterocycles. The van der Waals surface area contributed by atoms with Crippen molar-refractivity contribution in [1.29, 1.82) is 0 Å². The predicted molar refractivity (Wildman–Crippen MR) is 75.7 cm³/mol. The van der Waals surface area contributed by atoms with Crippen LogP contribution in [0.15, 0.2) is 35.4 Å². The molecule has 1 atom stereocenters. The number of aromatic nitrogens is 2. The van der Waals surface area contributed by atoms with E-state index in [1.165, 1.54) is 7.11 Å². The van der Waals surface area contributed by atoms with Crippen LogP contribution >= 0.6 is 11.8 Å². The van der Waals surface area contributed by atoms with Crippen LogP contribution in [0.4, 0.5) is 0 Å². The fourth-order valence-corrected chi connectivity index (χ4v) is 2.97. The normalized spacial score (nSPS) is 17.0. The maximum Gasteiger partial charge on any atom is 0.278 e. The number of hydrogen-bond donors (Lipinski definition) is 0. The number of para-hydroxylation sites is 1. The van der Waals surface area contributed by atoms with Crippen LogP contribution in [0.1, 0.15) is 11.8 Å². The second-order valence-corrected chi connectivity index (χ2v) is 5.24. The number of hydrogen-bond acceptors (Lipinski definition) is 6. The number of ether oxygens (including phenoxy) is 3. The molecule has 0 bridgehead atoms. The first-order valence-corrected chi connectivity index (χ1v) is 7.13. The maximum atomic E-state index is 5.97. The van der Waals surface area contributed by atoms with Crippen molar-refractivity contribution in [3.63, 3.8) is 0 Å². The molecule has 0 fully saturated rings. The molecule has 0 N–H and O–H groups in total. The summed E-state index contributed by atoms with van der Waals surface area (Å²) in [6.45, 7) is 0. The van der Waals surface area contributed by atoms with E-state index in [0.717, 1.165) is 22.1 Å². The quantitative estimate of drug-likeness (QED) is 0.866. The van der Waals surface area contributed by atoms with E-state index in [2.05, 4.69) is 16.0 Å². The van der Waals surface area contributed by atoms with Gasteiger partial charge in [0, 0.05) is 10.6 Å². The van der Waals surface area contributed by atoms with Crippen molar-refractivity contribution in [2.24, 2.45) is 0 Å². The smallest absolute Gasteiger partial charge is 0.278 e. The molecule has 5 nitrogen and oxygen atoms in total. The molecule has 2 aromatic rings. The van der Waals surface area contributed by atoms with Crippen LogP contribution in [0.3, 0.4) is 0 Å². The van der Waals surface area contributed by atoms with E-state index >= 15 is 0 Å². The molecule has 104 valence electrons. The zero-order chi connectivity index (χ0) is 13.9. The number of fused-ring (bicyclic) bond motifs is 1. The van der Waals surface area contributed by atoms with E-state index in [9.17, 15) is 0 Å². The van der Waals surface area contributed by atoms with Crippen LogP contribution in [0.2, 0.25) is 0 Å². The molecular formula is C14H14N2O3S. The molecule has 6 heteroatoms. The van der Waals surface area contributed by atoms with Gasteiger partial charge in [-0.1, -0.05) is 12.1 Å². The first kappa shape index (κ1) is 13.1. The second-order valence-electron chi connectivity index (χ2n) is 4.18. The first-order valence-electron chi connectivity index (χ1n) is 6.15. The Kier molecular flexibility index (Phi) is 3.64. The number of methoxy groups -OCH3 is 2. The van der Waals surface area contributed by atoms with Gasteiger partial charge in [-0.2, -0.15) is 0 Å². The molecule has 1 aromatic carbocycles. The Bertz CT molecular complexity index is 621. The number of rotatable bonds is 3. The zero-order valence-corrected chi connectivity index (χ0v) is 12.0. The highest BCUT2D eigenvalue weighted by molar-refractivity contribution is 7.99. The Morgan fingerprint density at radius 1 is 1.20 bits per heavy atom. The fraction of sp³-hybridized carbons (Fsp3) is 0.286. The van der Waals surface area contributed by atoms with Crippen LogP contribution < -0.4 is 14.2 Å². The molecular weight excluding hydrogens is 276 g/mol. The highest BCUT2D eigenvalue weighted by Crippen LogP contribution is 2.40. The van der Waals surface area contributed by atoms with Crippen LogP contribution in [0, 0.1) is 0 Å². The standard InChI is InChI=1S/C14H14N2O3S/c1-17-13-14(18-2)16-9(7-15-13)11-8-20-12-6-4-3-5-10(12)19-11/h3-7,11H,8H2,1-2H3. The first-order chi connectivity index (χ1) is 9.81. The van der Waals surface area contributed by atoms with Crippen molar-refractivity contribution >= 4 is 11.8 Å². The van der Waals surface area contributed by atoms with Crippen molar-refractivity contribution in [3.05, 3.63) is 36.2 Å². The third kappa shape index (κ3) is 2.38. The van der Waals surface area contributed by atoms with E-state index < -0.39 is 0 Å². The summed E-state index contributed by atoms with van der Waals surface area (Å²) in [5.41, 5.74) is 0.740. The molecule has 1 aliphatic heterocycles. The average Bonchev–Trinajstić information content (AvgIpc) is 2.53. The molecule has 0 radical (unpaired) electrons. The van der Waals surface area contributed by atoms with Crippen molar-refractivity contribution in [2.75, 3.05) is 20.0 Å². The molecule has 20 heavy (non-hydrogen) atoms. The van der Waals surface area contributed by atoms with Gasteiger partial charge < -0.3 is 14.2 Å². The minimum atomic E-state index is -0.137. The summed E-state index contributed by atoms with van der Waals surface area (Å²) in [4.78, 5) is 9.76. The fourth-order valence-electron chi connectivity index (χ4n) is 1.97. The molecule has 0 saturated heterocycles. The lowest BCUT2D eigenvalue weighted by atomic mass is 10.2. The summed E-state index contributed by atoms with van der Waals surface area (Å²) in [6, 6.07) is 7.98. The summed E-state index contributed by atoms with van der Waals surface area (Å²) in [5.74, 6) is 2.42. The Hall–Kier alpha value is -1.95. The van der Waals surface area contributed by atoms with Crippen LogP contribution in [-0.4, -0.2) is 29.9 Å². The third-order valence-electron chi connectivity index (χ3n) is 2.95. The van der Waals surface area contributed by atoms with Crippen LogP contribution in [0.25, 0.3) is 0 Å². The topological polar surface area (TPSA) is 53.5 Å². The van der Waals surface area contributed by atoms with Gasteiger partial charge >= 0.3 is 0 Å². The van der Waals surface area contributed by atoms with Crippen molar-refractivity contribution in [3.8, 4) is 17.5 Å². The lowest BCUT2D eigenvalue weighted by Crippen LogP contribution is -2.17. The zero-order valence-electron chi connectivity index (χ0n) is 11.2. The van der Waals surface area contributed by atoms with Gasteiger partial charge in [0.05, 0.1) is 20.4 Å². The Labute approximate surface area is 121 Å². The van der Waals surface area contributed by atoms with Gasteiger partial charge in [0.1, 0.15) is 11.4 Å². The molecule has 1 unspecified atom stereocenters. The van der Waals surface area contributed by atoms with Crippen LogP contribution in [-0.2, 0) is 0 Å². The maximum absolute atomic E-state index is 5.97. The van der Waals surface area contributed by atoms with Gasteiger partial charge in [-0.3, -0.25) is 0 Å². The van der Waals surface area contributed by atoms with Gasteiger partial charge in [-0.15, -0.1) is 11.8 Å². The Balaban J connectivity index is 1.88. The summed E-state index contributed by atoms with van der Waals surface area (Å²) in [7, 11) is 3.08. The van der Waals surface area contributed by atoms with E-state index in [1.54, 1.807) is 25.1 Å². The molecule has 1 aromatic heterocycles. The van der Waals surface area contributed by atoms with E-state index in [0.29, 0.717) is 11.8 Å². The highest BCUT2D eigenvalue weighted by atomic mass is 32.2. The molecule has 0 saturated carbocycles. The number of thioether (sulfide) groups is 1. The van der Waals surface area contributed by atoms with Crippen LogP contribution in [0.5, 0.6) is 17.5 Å². The monoisotopic (exact) mass is 290 g/mol. The van der Waals surface area contributed by atoms with Crippen molar-refractivity contribution in [1.82, 2.24) is 9.97 Å². The summed E-state index contributed by atoms with van der Waals surface area (Å²) < 4.78 is 16.2. The van der Waals surface area contributed by atoms with E-state index in [1.807, 2.05) is 18.2 Å². The van der Waals surface area contributed by atoms with Gasteiger partial charge in [-0.05, 0) is 12.1 Å². The van der Waals surface area contributed by atoms with Gasteiger partial charge in [0.2, 0.25) is 0 Å². The van der Waals surface area contributed by atoms with Gasteiger partial charge in [0.15, 0.2) is 6.10 Å². The van der Waals surface area contributed by atoms with Gasteiger partial charge in [-0.25, -0.2) is 9.97 Å². The molecule has 0 aliphatic carbocycles. The third-order valence-corrected chi connectivity index (χ3v) is 4.07.